The van der Waals surface area contributed by atoms with Crippen molar-refractivity contribution in [3.8, 4) is 0 Å². The van der Waals surface area contributed by atoms with Crippen molar-refractivity contribution in [1.29, 1.82) is 0 Å². The van der Waals surface area contributed by atoms with Crippen LogP contribution in [0.3, 0.4) is 0 Å². The van der Waals surface area contributed by atoms with Crippen LogP contribution in [-0.4, -0.2) is 31.7 Å². The van der Waals surface area contributed by atoms with Gasteiger partial charge in [0, 0.05) is 25.2 Å². The zero-order valence-electron chi connectivity index (χ0n) is 11.9. The maximum Gasteiger partial charge on any atom is 0.279 e. The van der Waals surface area contributed by atoms with Crippen LogP contribution in [0.2, 0.25) is 0 Å². The van der Waals surface area contributed by atoms with Gasteiger partial charge in [-0.05, 0) is 30.5 Å². The monoisotopic (exact) mass is 311 g/mol. The van der Waals surface area contributed by atoms with Gasteiger partial charge in [-0.2, -0.15) is 17.4 Å². The first-order chi connectivity index (χ1) is 9.99. The normalized spacial score (nSPS) is 17.3. The Balaban J connectivity index is 1.95. The number of benzene rings is 1. The van der Waals surface area contributed by atoms with E-state index in [-0.39, 0.29) is 6.54 Å². The quantitative estimate of drug-likeness (QED) is 0.849. The first-order valence-corrected chi connectivity index (χ1v) is 8.56. The fraction of sp³-hybridized carbons (Fsp3) is 0.500. The molecule has 0 spiro atoms. The van der Waals surface area contributed by atoms with Crippen molar-refractivity contribution in [1.82, 2.24) is 9.03 Å². The van der Waals surface area contributed by atoms with Gasteiger partial charge in [0.25, 0.3) is 10.2 Å². The van der Waals surface area contributed by atoms with E-state index in [4.69, 9.17) is 5.73 Å². The summed E-state index contributed by atoms with van der Waals surface area (Å²) in [5.41, 5.74) is 6.36. The second-order valence-corrected chi connectivity index (χ2v) is 6.96. The summed E-state index contributed by atoms with van der Waals surface area (Å²) in [5, 5.41) is 0. The predicted molar refractivity (Wildman–Crippen MR) is 80.8 cm³/mol. The van der Waals surface area contributed by atoms with Crippen molar-refractivity contribution < 1.29 is 13.2 Å². The van der Waals surface area contributed by atoms with Gasteiger partial charge in [-0.1, -0.05) is 25.0 Å². The molecule has 1 saturated heterocycles. The van der Waals surface area contributed by atoms with E-state index in [1.807, 2.05) is 0 Å². The molecule has 1 aromatic rings. The lowest BCUT2D eigenvalue weighted by molar-refractivity contribution is 0.100. The molecule has 0 atom stereocenters. The number of carbonyl (C=O) groups is 1. The summed E-state index contributed by atoms with van der Waals surface area (Å²) in [6.07, 6.45) is 3.99. The number of hydrogen-bond acceptors (Lipinski definition) is 3. The number of primary amides is 1. The molecule has 1 aliphatic rings. The van der Waals surface area contributed by atoms with E-state index in [1.165, 1.54) is 4.31 Å². The highest BCUT2D eigenvalue weighted by atomic mass is 32.2. The molecular weight excluding hydrogens is 290 g/mol. The van der Waals surface area contributed by atoms with Crippen molar-refractivity contribution in [2.45, 2.75) is 32.2 Å². The maximum atomic E-state index is 12.2. The molecule has 21 heavy (non-hydrogen) atoms. The number of hydrogen-bond donors (Lipinski definition) is 2. The van der Waals surface area contributed by atoms with Crippen LogP contribution >= 0.6 is 0 Å². The minimum atomic E-state index is -3.44. The van der Waals surface area contributed by atoms with E-state index in [0.29, 0.717) is 18.7 Å². The average Bonchev–Trinajstić information content (AvgIpc) is 2.75. The third-order valence-corrected chi connectivity index (χ3v) is 5.16. The summed E-state index contributed by atoms with van der Waals surface area (Å²) in [6.45, 7) is 1.36. The molecular formula is C14H21N3O3S. The lowest BCUT2D eigenvalue weighted by Crippen LogP contribution is -2.40. The minimum Gasteiger partial charge on any atom is -0.366 e. The molecule has 0 radical (unpaired) electrons. The Labute approximate surface area is 125 Å². The third kappa shape index (κ3) is 4.52. The van der Waals surface area contributed by atoms with Crippen LogP contribution in [0.5, 0.6) is 0 Å². The summed E-state index contributed by atoms with van der Waals surface area (Å²) in [4.78, 5) is 11.0. The summed E-state index contributed by atoms with van der Waals surface area (Å²) in [5.74, 6) is -0.494. The van der Waals surface area contributed by atoms with Crippen LogP contribution in [0, 0.1) is 0 Å². The van der Waals surface area contributed by atoms with E-state index >= 15 is 0 Å². The molecule has 1 aliphatic heterocycles. The topological polar surface area (TPSA) is 92.5 Å². The maximum absolute atomic E-state index is 12.2. The molecule has 1 heterocycles. The van der Waals surface area contributed by atoms with Crippen LogP contribution in [0.15, 0.2) is 24.3 Å². The molecule has 1 fully saturated rings. The van der Waals surface area contributed by atoms with Gasteiger partial charge < -0.3 is 5.73 Å². The Kier molecular flexibility index (Phi) is 5.33. The third-order valence-electron chi connectivity index (χ3n) is 3.60. The molecule has 2 rings (SSSR count). The zero-order valence-corrected chi connectivity index (χ0v) is 12.7. The largest absolute Gasteiger partial charge is 0.366 e. The smallest absolute Gasteiger partial charge is 0.279 e. The van der Waals surface area contributed by atoms with Crippen LogP contribution < -0.4 is 10.5 Å². The number of nitrogens with zero attached hydrogens (tertiary/aromatic N) is 1. The lowest BCUT2D eigenvalue weighted by Gasteiger charge is -2.20. The van der Waals surface area contributed by atoms with Gasteiger partial charge in [-0.3, -0.25) is 4.79 Å². The van der Waals surface area contributed by atoms with Crippen LogP contribution in [0.4, 0.5) is 0 Å². The molecule has 6 nitrogen and oxygen atoms in total. The molecule has 0 aromatic heterocycles. The number of carbonyl (C=O) groups excluding carboxylic acids is 1. The SMILES string of the molecule is NC(=O)c1ccc(CNS(=O)(=O)N2CCCCCC2)cc1. The van der Waals surface area contributed by atoms with Gasteiger partial charge in [0.05, 0.1) is 0 Å². The zero-order chi connectivity index (χ0) is 15.3. The first kappa shape index (κ1) is 15.9. The van der Waals surface area contributed by atoms with Crippen LogP contribution in [0.1, 0.15) is 41.6 Å². The van der Waals surface area contributed by atoms with Crippen molar-refractivity contribution in [3.05, 3.63) is 35.4 Å². The molecule has 116 valence electrons. The van der Waals surface area contributed by atoms with E-state index < -0.39 is 16.1 Å². The Morgan fingerprint density at radius 2 is 1.67 bits per heavy atom. The van der Waals surface area contributed by atoms with E-state index in [9.17, 15) is 13.2 Å². The number of amides is 1. The van der Waals surface area contributed by atoms with Gasteiger partial charge in [-0.15, -0.1) is 0 Å². The second kappa shape index (κ2) is 7.02. The van der Waals surface area contributed by atoms with Crippen molar-refractivity contribution >= 4 is 16.1 Å². The summed E-state index contributed by atoms with van der Waals surface area (Å²) >= 11 is 0. The number of nitrogens with one attached hydrogen (secondary N) is 1. The molecule has 7 heteroatoms. The summed E-state index contributed by atoms with van der Waals surface area (Å²) < 4.78 is 28.6. The highest BCUT2D eigenvalue weighted by Gasteiger charge is 2.22. The Morgan fingerprint density at radius 1 is 1.10 bits per heavy atom. The summed E-state index contributed by atoms with van der Waals surface area (Å²) in [7, 11) is -3.44. The molecule has 1 aromatic carbocycles. The molecule has 0 unspecified atom stereocenters. The first-order valence-electron chi connectivity index (χ1n) is 7.12. The molecule has 0 bridgehead atoms. The van der Waals surface area contributed by atoms with Gasteiger partial charge >= 0.3 is 0 Å². The summed E-state index contributed by atoms with van der Waals surface area (Å²) in [6, 6.07) is 6.59. The Hall–Kier alpha value is -1.44. The van der Waals surface area contributed by atoms with Gasteiger partial charge in [0.2, 0.25) is 5.91 Å². The molecule has 0 aliphatic carbocycles. The highest BCUT2D eigenvalue weighted by Crippen LogP contribution is 2.13. The van der Waals surface area contributed by atoms with Crippen molar-refractivity contribution in [2.75, 3.05) is 13.1 Å². The molecule has 3 N–H and O–H groups in total. The van der Waals surface area contributed by atoms with Crippen molar-refractivity contribution in [2.24, 2.45) is 5.73 Å². The van der Waals surface area contributed by atoms with E-state index in [2.05, 4.69) is 4.72 Å². The van der Waals surface area contributed by atoms with Crippen LogP contribution in [0.25, 0.3) is 0 Å². The van der Waals surface area contributed by atoms with Crippen molar-refractivity contribution in [3.63, 3.8) is 0 Å². The van der Waals surface area contributed by atoms with Crippen LogP contribution in [-0.2, 0) is 16.8 Å². The van der Waals surface area contributed by atoms with E-state index in [1.54, 1.807) is 24.3 Å². The van der Waals surface area contributed by atoms with Gasteiger partial charge in [-0.25, -0.2) is 0 Å². The minimum absolute atomic E-state index is 0.206. The van der Waals surface area contributed by atoms with Gasteiger partial charge in [0.15, 0.2) is 0 Å². The Bertz CT molecular complexity index is 576. The molecule has 0 saturated carbocycles. The number of rotatable bonds is 5. The van der Waals surface area contributed by atoms with E-state index in [0.717, 1.165) is 31.2 Å². The Morgan fingerprint density at radius 3 is 2.19 bits per heavy atom. The number of nitrogens with two attached hydrogens (primary N) is 1. The average molecular weight is 311 g/mol. The predicted octanol–water partition coefficient (Wildman–Crippen LogP) is 0.996. The lowest BCUT2D eigenvalue weighted by atomic mass is 10.1. The fourth-order valence-corrected chi connectivity index (χ4v) is 3.61. The molecule has 1 amide bonds. The fourth-order valence-electron chi connectivity index (χ4n) is 2.33. The standard InChI is InChI=1S/C14H21N3O3S/c15-14(18)13-7-5-12(6-8-13)11-16-21(19,20)17-9-3-1-2-4-10-17/h5-8,16H,1-4,9-11H2,(H2,15,18). The highest BCUT2D eigenvalue weighted by molar-refractivity contribution is 7.87. The second-order valence-electron chi connectivity index (χ2n) is 5.20. The van der Waals surface area contributed by atoms with Gasteiger partial charge in [0.1, 0.15) is 0 Å².